The second-order valence-corrected chi connectivity index (χ2v) is 4.13. The number of nitrogens with two attached hydrogens (primary N) is 1. The number of ether oxygens (including phenoxy) is 2. The van der Waals surface area contributed by atoms with E-state index in [0.29, 0.717) is 6.04 Å². The molecule has 1 heterocycles. The summed E-state index contributed by atoms with van der Waals surface area (Å²) in [6.07, 6.45) is 0. The average Bonchev–Trinajstić information content (AvgIpc) is 2.27. The maximum Gasteiger partial charge on any atom is 0.127 e. The third-order valence-corrected chi connectivity index (χ3v) is 2.87. The van der Waals surface area contributed by atoms with E-state index < -0.39 is 0 Å². The van der Waals surface area contributed by atoms with Crippen LogP contribution in [0.2, 0.25) is 0 Å². The molecule has 0 radical (unpaired) electrons. The molecule has 0 spiro atoms. The van der Waals surface area contributed by atoms with Crippen LogP contribution in [0.5, 0.6) is 11.5 Å². The fourth-order valence-electron chi connectivity index (χ4n) is 1.96. The molecule has 4 heteroatoms. The lowest BCUT2D eigenvalue weighted by molar-refractivity contribution is 0.141. The highest BCUT2D eigenvalue weighted by molar-refractivity contribution is 5.40. The Balaban J connectivity index is 2.07. The number of nitrogens with zero attached hydrogens (tertiary/aromatic N) is 1. The number of hydrogen-bond donors (Lipinski definition) is 1. The van der Waals surface area contributed by atoms with Gasteiger partial charge in [0.15, 0.2) is 0 Å². The maximum absolute atomic E-state index is 5.75. The fraction of sp³-hybridized carbons (Fsp3) is 0.500. The van der Waals surface area contributed by atoms with Gasteiger partial charge in [0, 0.05) is 37.3 Å². The SMILES string of the molecule is COc1ccc(CN2CC(N)C2)c(OC)c1. The van der Waals surface area contributed by atoms with Crippen LogP contribution in [0.15, 0.2) is 18.2 Å². The summed E-state index contributed by atoms with van der Waals surface area (Å²) in [5.74, 6) is 1.70. The third-order valence-electron chi connectivity index (χ3n) is 2.87. The van der Waals surface area contributed by atoms with Crippen LogP contribution in [0.25, 0.3) is 0 Å². The van der Waals surface area contributed by atoms with Gasteiger partial charge in [-0.2, -0.15) is 0 Å². The predicted molar refractivity (Wildman–Crippen MR) is 62.8 cm³/mol. The normalized spacial score (nSPS) is 16.9. The average molecular weight is 222 g/mol. The monoisotopic (exact) mass is 222 g/mol. The second-order valence-electron chi connectivity index (χ2n) is 4.13. The minimum absolute atomic E-state index is 0.337. The summed E-state index contributed by atoms with van der Waals surface area (Å²) in [6.45, 7) is 2.82. The van der Waals surface area contributed by atoms with E-state index in [9.17, 15) is 0 Å². The summed E-state index contributed by atoms with van der Waals surface area (Å²) in [6, 6.07) is 6.25. The molecule has 1 aromatic carbocycles. The zero-order chi connectivity index (χ0) is 11.5. The molecule has 2 rings (SSSR count). The molecular weight excluding hydrogens is 204 g/mol. The molecule has 16 heavy (non-hydrogen) atoms. The Bertz CT molecular complexity index is 362. The van der Waals surface area contributed by atoms with Crippen molar-refractivity contribution in [1.29, 1.82) is 0 Å². The first-order chi connectivity index (χ1) is 7.72. The number of benzene rings is 1. The van der Waals surface area contributed by atoms with Crippen LogP contribution < -0.4 is 15.2 Å². The molecule has 1 aliphatic rings. The van der Waals surface area contributed by atoms with Gasteiger partial charge in [-0.25, -0.2) is 0 Å². The molecule has 1 aromatic rings. The summed E-state index contributed by atoms with van der Waals surface area (Å²) in [4.78, 5) is 2.30. The number of methoxy groups -OCH3 is 2. The van der Waals surface area contributed by atoms with Crippen LogP contribution in [-0.2, 0) is 6.54 Å². The first kappa shape index (κ1) is 11.2. The first-order valence-corrected chi connectivity index (χ1v) is 5.41. The van der Waals surface area contributed by atoms with E-state index in [1.807, 2.05) is 18.2 Å². The number of hydrogen-bond acceptors (Lipinski definition) is 4. The van der Waals surface area contributed by atoms with Crippen LogP contribution in [0.4, 0.5) is 0 Å². The molecular formula is C12H18N2O2. The third kappa shape index (κ3) is 2.28. The van der Waals surface area contributed by atoms with Gasteiger partial charge >= 0.3 is 0 Å². The molecule has 0 unspecified atom stereocenters. The fourth-order valence-corrected chi connectivity index (χ4v) is 1.96. The molecule has 0 atom stereocenters. The van der Waals surface area contributed by atoms with Gasteiger partial charge in [-0.15, -0.1) is 0 Å². The van der Waals surface area contributed by atoms with E-state index in [-0.39, 0.29) is 0 Å². The zero-order valence-electron chi connectivity index (χ0n) is 9.77. The molecule has 0 aliphatic carbocycles. The minimum Gasteiger partial charge on any atom is -0.497 e. The highest BCUT2D eigenvalue weighted by Crippen LogP contribution is 2.26. The van der Waals surface area contributed by atoms with Gasteiger partial charge in [0.25, 0.3) is 0 Å². The standard InChI is InChI=1S/C12H18N2O2/c1-15-11-4-3-9(12(5-11)16-2)6-14-7-10(13)8-14/h3-5,10H,6-8,13H2,1-2H3. The minimum atomic E-state index is 0.337. The molecule has 0 bridgehead atoms. The summed E-state index contributed by atoms with van der Waals surface area (Å²) in [5, 5.41) is 0. The molecule has 4 nitrogen and oxygen atoms in total. The Morgan fingerprint density at radius 2 is 2.06 bits per heavy atom. The van der Waals surface area contributed by atoms with Crippen molar-refractivity contribution in [1.82, 2.24) is 4.90 Å². The van der Waals surface area contributed by atoms with Crippen molar-refractivity contribution in [3.05, 3.63) is 23.8 Å². The molecule has 0 saturated carbocycles. The van der Waals surface area contributed by atoms with E-state index >= 15 is 0 Å². The van der Waals surface area contributed by atoms with E-state index in [4.69, 9.17) is 15.2 Å². The van der Waals surface area contributed by atoms with Gasteiger partial charge in [-0.05, 0) is 6.07 Å². The Morgan fingerprint density at radius 3 is 2.62 bits per heavy atom. The summed E-state index contributed by atoms with van der Waals surface area (Å²) in [5.41, 5.74) is 6.92. The molecule has 88 valence electrons. The smallest absolute Gasteiger partial charge is 0.127 e. The van der Waals surface area contributed by atoms with E-state index in [1.54, 1.807) is 14.2 Å². The lowest BCUT2D eigenvalue weighted by Crippen LogP contribution is -2.54. The topological polar surface area (TPSA) is 47.7 Å². The zero-order valence-corrected chi connectivity index (χ0v) is 9.77. The molecule has 1 aliphatic heterocycles. The molecule has 2 N–H and O–H groups in total. The van der Waals surface area contributed by atoms with Crippen LogP contribution in [0.3, 0.4) is 0 Å². The Kier molecular flexibility index (Phi) is 3.31. The van der Waals surface area contributed by atoms with Crippen molar-refractivity contribution >= 4 is 0 Å². The first-order valence-electron chi connectivity index (χ1n) is 5.41. The summed E-state index contributed by atoms with van der Waals surface area (Å²) < 4.78 is 10.5. The number of rotatable bonds is 4. The summed E-state index contributed by atoms with van der Waals surface area (Å²) >= 11 is 0. The van der Waals surface area contributed by atoms with E-state index in [2.05, 4.69) is 4.90 Å². The molecule has 0 amide bonds. The van der Waals surface area contributed by atoms with E-state index in [0.717, 1.165) is 31.1 Å². The van der Waals surface area contributed by atoms with Crippen LogP contribution >= 0.6 is 0 Å². The van der Waals surface area contributed by atoms with Gasteiger partial charge in [-0.1, -0.05) is 6.07 Å². The molecule has 1 fully saturated rings. The van der Waals surface area contributed by atoms with Crippen molar-refractivity contribution in [2.75, 3.05) is 27.3 Å². The van der Waals surface area contributed by atoms with Crippen molar-refractivity contribution < 1.29 is 9.47 Å². The van der Waals surface area contributed by atoms with Crippen molar-refractivity contribution in [3.63, 3.8) is 0 Å². The summed E-state index contributed by atoms with van der Waals surface area (Å²) in [7, 11) is 3.34. The largest absolute Gasteiger partial charge is 0.497 e. The van der Waals surface area contributed by atoms with Gasteiger partial charge in [-0.3, -0.25) is 4.90 Å². The Hall–Kier alpha value is -1.26. The van der Waals surface area contributed by atoms with Crippen molar-refractivity contribution in [3.8, 4) is 11.5 Å². The second kappa shape index (κ2) is 4.72. The Labute approximate surface area is 95.9 Å². The van der Waals surface area contributed by atoms with Crippen LogP contribution in [0, 0.1) is 0 Å². The highest BCUT2D eigenvalue weighted by Gasteiger charge is 2.23. The molecule has 1 saturated heterocycles. The van der Waals surface area contributed by atoms with Gasteiger partial charge in [0.1, 0.15) is 11.5 Å². The van der Waals surface area contributed by atoms with Gasteiger partial charge in [0.2, 0.25) is 0 Å². The van der Waals surface area contributed by atoms with Crippen molar-refractivity contribution in [2.45, 2.75) is 12.6 Å². The van der Waals surface area contributed by atoms with E-state index in [1.165, 1.54) is 5.56 Å². The maximum atomic E-state index is 5.75. The van der Waals surface area contributed by atoms with Gasteiger partial charge < -0.3 is 15.2 Å². The highest BCUT2D eigenvalue weighted by atomic mass is 16.5. The molecule has 0 aromatic heterocycles. The lowest BCUT2D eigenvalue weighted by Gasteiger charge is -2.37. The lowest BCUT2D eigenvalue weighted by atomic mass is 10.1. The Morgan fingerprint density at radius 1 is 1.31 bits per heavy atom. The quantitative estimate of drug-likeness (QED) is 0.820. The van der Waals surface area contributed by atoms with Gasteiger partial charge in [0.05, 0.1) is 14.2 Å². The van der Waals surface area contributed by atoms with Crippen LogP contribution in [-0.4, -0.2) is 38.3 Å². The van der Waals surface area contributed by atoms with Crippen molar-refractivity contribution in [2.24, 2.45) is 5.73 Å². The number of likely N-dealkylation sites (tertiary alicyclic amines) is 1. The predicted octanol–water partition coefficient (Wildman–Crippen LogP) is 0.847. The van der Waals surface area contributed by atoms with Crippen LogP contribution in [0.1, 0.15) is 5.56 Å².